The number of pyridine rings is 1. The Labute approximate surface area is 135 Å². The third-order valence-corrected chi connectivity index (χ3v) is 3.84. The number of benzene rings is 2. The van der Waals surface area contributed by atoms with Gasteiger partial charge in [0.05, 0.1) is 17.1 Å². The van der Waals surface area contributed by atoms with E-state index in [9.17, 15) is 4.39 Å². The Morgan fingerprint density at radius 3 is 2.22 bits per heavy atom. The van der Waals surface area contributed by atoms with Gasteiger partial charge in [0, 0.05) is 5.69 Å². The molecule has 0 fully saturated rings. The van der Waals surface area contributed by atoms with Crippen LogP contribution in [0.1, 0.15) is 5.69 Å². The van der Waals surface area contributed by atoms with Gasteiger partial charge in [-0.25, -0.2) is 9.37 Å². The molecule has 0 spiro atoms. The van der Waals surface area contributed by atoms with E-state index in [2.05, 4.69) is 28.0 Å². The topological polar surface area (TPSA) is 19.4 Å². The Balaban J connectivity index is 1.78. The van der Waals surface area contributed by atoms with Crippen LogP contribution in [0, 0.1) is 0 Å². The van der Waals surface area contributed by atoms with Gasteiger partial charge in [0.25, 0.3) is 0 Å². The molecule has 0 unspecified atom stereocenters. The zero-order valence-corrected chi connectivity index (χ0v) is 12.4. The molecule has 1 radical (unpaired) electrons. The molecule has 5 heteroatoms. The van der Waals surface area contributed by atoms with Crippen molar-refractivity contribution in [3.63, 3.8) is 0 Å². The minimum atomic E-state index is -0.564. The summed E-state index contributed by atoms with van der Waals surface area (Å²) in [5.41, 5.74) is 3.61. The first-order valence-corrected chi connectivity index (χ1v) is 7.46. The highest BCUT2D eigenvalue weighted by Gasteiger charge is 2.30. The highest BCUT2D eigenvalue weighted by molar-refractivity contribution is 6.55. The van der Waals surface area contributed by atoms with E-state index in [1.807, 2.05) is 60.9 Å². The molecule has 1 aliphatic rings. The van der Waals surface area contributed by atoms with Crippen molar-refractivity contribution in [3.8, 4) is 0 Å². The molecular formula is C18H14BFN3. The van der Waals surface area contributed by atoms with E-state index in [4.69, 9.17) is 0 Å². The van der Waals surface area contributed by atoms with E-state index in [1.165, 1.54) is 0 Å². The lowest BCUT2D eigenvalue weighted by Gasteiger charge is -2.19. The van der Waals surface area contributed by atoms with Crippen LogP contribution in [0.5, 0.6) is 0 Å². The number of aromatic nitrogens is 1. The number of halogens is 1. The fourth-order valence-corrected chi connectivity index (χ4v) is 2.76. The number of nitrogens with zero attached hydrogens (tertiary/aromatic N) is 3. The molecule has 1 aliphatic heterocycles. The lowest BCUT2D eigenvalue weighted by molar-refractivity contribution is 0.476. The van der Waals surface area contributed by atoms with Gasteiger partial charge in [-0.1, -0.05) is 36.4 Å². The van der Waals surface area contributed by atoms with Crippen molar-refractivity contribution in [2.45, 2.75) is 6.67 Å². The zero-order valence-electron chi connectivity index (χ0n) is 12.4. The third-order valence-electron chi connectivity index (χ3n) is 3.84. The molecule has 0 bridgehead atoms. The first-order valence-electron chi connectivity index (χ1n) is 7.46. The molecule has 2 heterocycles. The van der Waals surface area contributed by atoms with Gasteiger partial charge in [0.2, 0.25) is 0 Å². The molecule has 2 aromatic carbocycles. The first-order chi connectivity index (χ1) is 11.4. The van der Waals surface area contributed by atoms with Crippen LogP contribution in [0.15, 0.2) is 72.8 Å². The Morgan fingerprint density at radius 1 is 0.783 bits per heavy atom. The quantitative estimate of drug-likeness (QED) is 0.669. The number of para-hydroxylation sites is 3. The van der Waals surface area contributed by atoms with Crippen LogP contribution in [-0.2, 0) is 6.67 Å². The molecule has 3 aromatic rings. The molecular weight excluding hydrogens is 288 g/mol. The van der Waals surface area contributed by atoms with Crippen LogP contribution >= 0.6 is 0 Å². The molecule has 0 N–H and O–H groups in total. The number of hydrogen-bond donors (Lipinski definition) is 0. The fourth-order valence-electron chi connectivity index (χ4n) is 2.76. The van der Waals surface area contributed by atoms with Crippen LogP contribution in [-0.4, -0.2) is 12.5 Å². The first kappa shape index (κ1) is 13.8. The standard InChI is InChI=1S/C18H14BFN3/c20-13-14-7-6-12-18(21-14)23-17-11-5-4-10-16(17)22(19-23)15-8-2-1-3-9-15/h1-12H,13H2. The SMILES string of the molecule is FCc1cccc(N2[B]N(c3ccccc3)c3ccccc32)n1. The van der Waals surface area contributed by atoms with Crippen LogP contribution in [0.3, 0.4) is 0 Å². The second kappa shape index (κ2) is 5.76. The maximum atomic E-state index is 12.9. The zero-order chi connectivity index (χ0) is 15.6. The average Bonchev–Trinajstić information content (AvgIpc) is 3.02. The van der Waals surface area contributed by atoms with E-state index in [0.717, 1.165) is 17.1 Å². The Bertz CT molecular complexity index is 825. The summed E-state index contributed by atoms with van der Waals surface area (Å²) in [6, 6.07) is 23.7. The molecule has 0 atom stereocenters. The third kappa shape index (κ3) is 2.44. The average molecular weight is 302 g/mol. The van der Waals surface area contributed by atoms with Gasteiger partial charge in [-0.15, -0.1) is 0 Å². The van der Waals surface area contributed by atoms with Gasteiger partial charge >= 0.3 is 7.55 Å². The second-order valence-electron chi connectivity index (χ2n) is 5.30. The minimum Gasteiger partial charge on any atom is -0.367 e. The van der Waals surface area contributed by atoms with Crippen molar-refractivity contribution in [1.82, 2.24) is 4.98 Å². The molecule has 3 nitrogen and oxygen atoms in total. The summed E-state index contributed by atoms with van der Waals surface area (Å²) in [5.74, 6) is 0.714. The lowest BCUT2D eigenvalue weighted by atomic mass is 10.1. The van der Waals surface area contributed by atoms with Crippen molar-refractivity contribution >= 4 is 30.4 Å². The highest BCUT2D eigenvalue weighted by Crippen LogP contribution is 2.42. The maximum absolute atomic E-state index is 12.9. The normalized spacial score (nSPS) is 12.9. The summed E-state index contributed by atoms with van der Waals surface area (Å²) in [4.78, 5) is 8.49. The molecule has 111 valence electrons. The van der Waals surface area contributed by atoms with Gasteiger partial charge in [0.15, 0.2) is 0 Å². The molecule has 0 amide bonds. The van der Waals surface area contributed by atoms with Crippen molar-refractivity contribution in [1.29, 1.82) is 0 Å². The fraction of sp³-hybridized carbons (Fsp3) is 0.0556. The lowest BCUT2D eigenvalue weighted by Crippen LogP contribution is -2.29. The smallest absolute Gasteiger partial charge is 0.367 e. The van der Waals surface area contributed by atoms with Gasteiger partial charge in [-0.2, -0.15) is 0 Å². The largest absolute Gasteiger partial charge is 0.402 e. The van der Waals surface area contributed by atoms with Crippen molar-refractivity contribution in [3.05, 3.63) is 78.5 Å². The molecule has 0 saturated carbocycles. The van der Waals surface area contributed by atoms with E-state index < -0.39 is 6.67 Å². The molecule has 1 aromatic heterocycles. The van der Waals surface area contributed by atoms with Crippen LogP contribution in [0.4, 0.5) is 27.3 Å². The van der Waals surface area contributed by atoms with E-state index in [0.29, 0.717) is 11.5 Å². The Kier molecular flexibility index (Phi) is 3.46. The van der Waals surface area contributed by atoms with Gasteiger partial charge < -0.3 is 9.62 Å². The monoisotopic (exact) mass is 302 g/mol. The number of fused-ring (bicyclic) bond motifs is 1. The summed E-state index contributed by atoms with van der Waals surface area (Å²) in [6.45, 7) is -0.564. The number of rotatable bonds is 3. The number of alkyl halides is 1. The molecule has 0 aliphatic carbocycles. The van der Waals surface area contributed by atoms with Crippen molar-refractivity contribution in [2.24, 2.45) is 0 Å². The Hall–Kier alpha value is -2.82. The van der Waals surface area contributed by atoms with Crippen LogP contribution < -0.4 is 9.62 Å². The van der Waals surface area contributed by atoms with Crippen molar-refractivity contribution in [2.75, 3.05) is 9.62 Å². The van der Waals surface area contributed by atoms with Crippen LogP contribution in [0.2, 0.25) is 0 Å². The number of hydrogen-bond acceptors (Lipinski definition) is 3. The predicted octanol–water partition coefficient (Wildman–Crippen LogP) is 4.38. The van der Waals surface area contributed by atoms with E-state index in [-0.39, 0.29) is 0 Å². The summed E-state index contributed by atoms with van der Waals surface area (Å²) >= 11 is 0. The highest BCUT2D eigenvalue weighted by atomic mass is 19.1. The second-order valence-corrected chi connectivity index (χ2v) is 5.30. The molecule has 23 heavy (non-hydrogen) atoms. The number of anilines is 4. The van der Waals surface area contributed by atoms with Gasteiger partial charge in [-0.3, -0.25) is 0 Å². The van der Waals surface area contributed by atoms with E-state index >= 15 is 0 Å². The Morgan fingerprint density at radius 2 is 1.48 bits per heavy atom. The van der Waals surface area contributed by atoms with Crippen LogP contribution in [0.25, 0.3) is 0 Å². The van der Waals surface area contributed by atoms with E-state index in [1.54, 1.807) is 6.07 Å². The molecule has 0 saturated heterocycles. The summed E-state index contributed by atoms with van der Waals surface area (Å²) in [6.07, 6.45) is 0. The summed E-state index contributed by atoms with van der Waals surface area (Å²) < 4.78 is 12.9. The summed E-state index contributed by atoms with van der Waals surface area (Å²) in [5, 5.41) is 0. The maximum Gasteiger partial charge on any atom is 0.402 e. The molecule has 4 rings (SSSR count). The minimum absolute atomic E-state index is 0.437. The predicted molar refractivity (Wildman–Crippen MR) is 92.0 cm³/mol. The summed E-state index contributed by atoms with van der Waals surface area (Å²) in [7, 11) is 1.99. The van der Waals surface area contributed by atoms with Gasteiger partial charge in [0.1, 0.15) is 12.5 Å². The van der Waals surface area contributed by atoms with Crippen molar-refractivity contribution < 1.29 is 4.39 Å². The van der Waals surface area contributed by atoms with Gasteiger partial charge in [-0.05, 0) is 36.4 Å².